The van der Waals surface area contributed by atoms with Gasteiger partial charge in [0.15, 0.2) is 5.82 Å². The van der Waals surface area contributed by atoms with Crippen LogP contribution in [0.15, 0.2) is 24.3 Å². The Morgan fingerprint density at radius 3 is 2.38 bits per heavy atom. The van der Waals surface area contributed by atoms with Gasteiger partial charge in [-0.05, 0) is 71.7 Å². The van der Waals surface area contributed by atoms with Crippen LogP contribution in [0.5, 0.6) is 0 Å². The van der Waals surface area contributed by atoms with Crippen molar-refractivity contribution in [2.75, 3.05) is 5.32 Å². The molecule has 0 bridgehead atoms. The minimum atomic E-state index is -0.746. The number of ether oxygens (including phenoxy) is 1. The van der Waals surface area contributed by atoms with Gasteiger partial charge < -0.3 is 15.4 Å². The number of hydrogen-bond donors (Lipinski definition) is 3. The summed E-state index contributed by atoms with van der Waals surface area (Å²) in [5.41, 5.74) is 0.222. The number of anilines is 1. The second-order valence-corrected chi connectivity index (χ2v) is 9.13. The maximum atomic E-state index is 12.4. The zero-order chi connectivity index (χ0) is 21.2. The van der Waals surface area contributed by atoms with Gasteiger partial charge in [-0.3, -0.25) is 9.89 Å². The molecule has 2 amide bonds. The van der Waals surface area contributed by atoms with Crippen LogP contribution in [-0.4, -0.2) is 38.3 Å². The molecule has 1 fully saturated rings. The van der Waals surface area contributed by atoms with Crippen LogP contribution in [0.4, 0.5) is 10.5 Å². The van der Waals surface area contributed by atoms with Crippen molar-refractivity contribution in [1.82, 2.24) is 20.5 Å². The molecule has 1 saturated carbocycles. The molecule has 0 spiro atoms. The van der Waals surface area contributed by atoms with Crippen molar-refractivity contribution in [3.05, 3.63) is 30.1 Å². The molecule has 1 aliphatic rings. The van der Waals surface area contributed by atoms with Gasteiger partial charge in [0, 0.05) is 29.1 Å². The van der Waals surface area contributed by atoms with E-state index < -0.39 is 17.2 Å². The minimum absolute atomic E-state index is 0.111. The fourth-order valence-electron chi connectivity index (χ4n) is 2.88. The molecule has 8 heteroatoms. The summed E-state index contributed by atoms with van der Waals surface area (Å²) >= 11 is 0. The normalized spacial score (nSPS) is 14.4. The third-order valence-corrected chi connectivity index (χ3v) is 4.34. The monoisotopic (exact) mass is 399 g/mol. The van der Waals surface area contributed by atoms with Gasteiger partial charge in [-0.25, -0.2) is 9.78 Å². The van der Waals surface area contributed by atoms with Gasteiger partial charge in [0.05, 0.1) is 0 Å². The van der Waals surface area contributed by atoms with Crippen LogP contribution in [-0.2, 0) is 9.53 Å². The minimum Gasteiger partial charge on any atom is -0.444 e. The first-order valence-corrected chi connectivity index (χ1v) is 9.84. The molecule has 1 aromatic heterocycles. The van der Waals surface area contributed by atoms with E-state index in [9.17, 15) is 9.59 Å². The Morgan fingerprint density at radius 1 is 1.14 bits per heavy atom. The molecule has 1 heterocycles. The average Bonchev–Trinajstić information content (AvgIpc) is 3.30. The molecule has 0 saturated heterocycles. The van der Waals surface area contributed by atoms with Gasteiger partial charge in [0.25, 0.3) is 0 Å². The van der Waals surface area contributed by atoms with Gasteiger partial charge in [0.1, 0.15) is 11.4 Å². The summed E-state index contributed by atoms with van der Waals surface area (Å²) in [6, 6.07) is 7.38. The standard InChI is InChI=1S/C21H29N5O3/c1-20(2,3)29-19(28)24-21(4,5)12-16(27)22-15-10-8-14(9-11-15)18-23-17(25-26-18)13-6-7-13/h8-11,13H,6-7,12H2,1-5H3,(H,22,27)(H,24,28)(H,23,25,26). The number of carbonyl (C=O) groups excluding carboxylic acids is 2. The summed E-state index contributed by atoms with van der Waals surface area (Å²) in [5.74, 6) is 1.92. The molecular formula is C21H29N5O3. The van der Waals surface area contributed by atoms with Crippen molar-refractivity contribution in [2.24, 2.45) is 0 Å². The van der Waals surface area contributed by atoms with Crippen LogP contribution >= 0.6 is 0 Å². The first kappa shape index (κ1) is 20.8. The number of amides is 2. The molecule has 0 aliphatic heterocycles. The molecule has 1 aromatic carbocycles. The summed E-state index contributed by atoms with van der Waals surface area (Å²) in [5, 5.41) is 12.8. The quantitative estimate of drug-likeness (QED) is 0.681. The van der Waals surface area contributed by atoms with E-state index in [1.165, 1.54) is 12.8 Å². The zero-order valence-electron chi connectivity index (χ0n) is 17.6. The molecule has 3 rings (SSSR count). The van der Waals surface area contributed by atoms with E-state index in [0.717, 1.165) is 11.4 Å². The largest absolute Gasteiger partial charge is 0.444 e. The SMILES string of the molecule is CC(C)(CC(=O)Nc1ccc(-c2n[nH]c(C3CC3)n2)cc1)NC(=O)OC(C)(C)C. The van der Waals surface area contributed by atoms with E-state index >= 15 is 0 Å². The van der Waals surface area contributed by atoms with E-state index in [1.54, 1.807) is 34.6 Å². The Kier molecular flexibility index (Phi) is 5.64. The van der Waals surface area contributed by atoms with E-state index in [4.69, 9.17) is 4.74 Å². The summed E-state index contributed by atoms with van der Waals surface area (Å²) in [6.07, 6.45) is 1.90. The second kappa shape index (κ2) is 7.85. The number of aromatic nitrogens is 3. The third kappa shape index (κ3) is 6.30. The van der Waals surface area contributed by atoms with Crippen molar-refractivity contribution in [3.8, 4) is 11.4 Å². The van der Waals surface area contributed by atoms with Gasteiger partial charge in [0.2, 0.25) is 5.91 Å². The van der Waals surface area contributed by atoms with Crippen molar-refractivity contribution in [1.29, 1.82) is 0 Å². The Morgan fingerprint density at radius 2 is 1.79 bits per heavy atom. The lowest BCUT2D eigenvalue weighted by molar-refractivity contribution is -0.117. The van der Waals surface area contributed by atoms with E-state index in [0.29, 0.717) is 17.4 Å². The number of hydrogen-bond acceptors (Lipinski definition) is 5. The van der Waals surface area contributed by atoms with Crippen LogP contribution in [0.3, 0.4) is 0 Å². The van der Waals surface area contributed by atoms with Crippen LogP contribution in [0.25, 0.3) is 11.4 Å². The van der Waals surface area contributed by atoms with Crippen LogP contribution in [0, 0.1) is 0 Å². The second-order valence-electron chi connectivity index (χ2n) is 9.13. The smallest absolute Gasteiger partial charge is 0.408 e. The summed E-state index contributed by atoms with van der Waals surface area (Å²) < 4.78 is 5.25. The van der Waals surface area contributed by atoms with Crippen molar-refractivity contribution >= 4 is 17.7 Å². The van der Waals surface area contributed by atoms with E-state index in [1.807, 2.05) is 24.3 Å². The molecule has 3 N–H and O–H groups in total. The number of aromatic amines is 1. The average molecular weight is 399 g/mol. The third-order valence-electron chi connectivity index (χ3n) is 4.34. The first-order valence-electron chi connectivity index (χ1n) is 9.84. The van der Waals surface area contributed by atoms with Crippen LogP contribution < -0.4 is 10.6 Å². The van der Waals surface area contributed by atoms with Crippen molar-refractivity contribution in [2.45, 2.75) is 70.9 Å². The van der Waals surface area contributed by atoms with Crippen LogP contribution in [0.2, 0.25) is 0 Å². The summed E-state index contributed by atoms with van der Waals surface area (Å²) in [7, 11) is 0. The predicted octanol–water partition coefficient (Wildman–Crippen LogP) is 3.98. The molecule has 0 radical (unpaired) electrons. The molecule has 8 nitrogen and oxygen atoms in total. The summed E-state index contributed by atoms with van der Waals surface area (Å²) in [6.45, 7) is 8.93. The van der Waals surface area contributed by atoms with E-state index in [2.05, 4.69) is 25.8 Å². The number of H-pyrrole nitrogens is 1. The summed E-state index contributed by atoms with van der Waals surface area (Å²) in [4.78, 5) is 28.9. The highest BCUT2D eigenvalue weighted by Crippen LogP contribution is 2.38. The van der Waals surface area contributed by atoms with Crippen LogP contribution in [0.1, 0.15) is 65.6 Å². The first-order chi connectivity index (χ1) is 13.5. The fraction of sp³-hybridized carbons (Fsp3) is 0.524. The highest BCUT2D eigenvalue weighted by molar-refractivity contribution is 5.92. The lowest BCUT2D eigenvalue weighted by atomic mass is 10.0. The van der Waals surface area contributed by atoms with Gasteiger partial charge in [-0.1, -0.05) is 0 Å². The molecular weight excluding hydrogens is 370 g/mol. The molecule has 29 heavy (non-hydrogen) atoms. The van der Waals surface area contributed by atoms with E-state index in [-0.39, 0.29) is 12.3 Å². The number of benzene rings is 1. The van der Waals surface area contributed by atoms with Gasteiger partial charge in [-0.2, -0.15) is 5.10 Å². The number of carbonyl (C=O) groups is 2. The number of nitrogens with zero attached hydrogens (tertiary/aromatic N) is 2. The molecule has 2 aromatic rings. The molecule has 0 atom stereocenters. The predicted molar refractivity (Wildman–Crippen MR) is 110 cm³/mol. The highest BCUT2D eigenvalue weighted by Gasteiger charge is 2.28. The lowest BCUT2D eigenvalue weighted by Crippen LogP contribution is -2.47. The highest BCUT2D eigenvalue weighted by atomic mass is 16.6. The number of nitrogens with one attached hydrogen (secondary N) is 3. The van der Waals surface area contributed by atoms with Crippen molar-refractivity contribution in [3.63, 3.8) is 0 Å². The Bertz CT molecular complexity index is 876. The molecule has 156 valence electrons. The Hall–Kier alpha value is -2.90. The maximum absolute atomic E-state index is 12.4. The van der Waals surface area contributed by atoms with Crippen molar-refractivity contribution < 1.29 is 14.3 Å². The topological polar surface area (TPSA) is 109 Å². The number of rotatable bonds is 6. The Labute approximate surface area is 170 Å². The molecule has 1 aliphatic carbocycles. The Balaban J connectivity index is 1.53. The van der Waals surface area contributed by atoms with Gasteiger partial charge >= 0.3 is 6.09 Å². The number of alkyl carbamates (subject to hydrolysis) is 1. The zero-order valence-corrected chi connectivity index (χ0v) is 17.6. The maximum Gasteiger partial charge on any atom is 0.408 e. The lowest BCUT2D eigenvalue weighted by Gasteiger charge is -2.28. The van der Waals surface area contributed by atoms with Gasteiger partial charge in [-0.15, -0.1) is 0 Å². The fourth-order valence-corrected chi connectivity index (χ4v) is 2.88. The molecule has 0 unspecified atom stereocenters.